The lowest BCUT2D eigenvalue weighted by atomic mass is 10.1. The number of imidazole rings is 1. The molecule has 22 heavy (non-hydrogen) atoms. The molecule has 0 atom stereocenters. The number of alkyl halides is 3. The summed E-state index contributed by atoms with van der Waals surface area (Å²) >= 11 is 1.38. The molecule has 0 saturated carbocycles. The monoisotopic (exact) mass is 331 g/mol. The van der Waals surface area contributed by atoms with Gasteiger partial charge >= 0.3 is 12.3 Å². The Bertz CT molecular complexity index is 735. The zero-order chi connectivity index (χ0) is 16.1. The minimum absolute atomic E-state index is 0.0177. The van der Waals surface area contributed by atoms with Gasteiger partial charge in [-0.3, -0.25) is 0 Å². The summed E-state index contributed by atoms with van der Waals surface area (Å²) in [7, 11) is 0. The first kappa shape index (κ1) is 14.9. The third-order valence-electron chi connectivity index (χ3n) is 3.64. The fourth-order valence-corrected chi connectivity index (χ4v) is 3.40. The van der Waals surface area contributed by atoms with Crippen LogP contribution in [0.5, 0.6) is 0 Å². The number of hydrogen-bond acceptors (Lipinski definition) is 3. The minimum Gasteiger partial charge on any atom is -0.465 e. The Morgan fingerprint density at radius 3 is 2.64 bits per heavy atom. The van der Waals surface area contributed by atoms with E-state index in [0.29, 0.717) is 11.3 Å². The quantitative estimate of drug-likeness (QED) is 0.871. The molecule has 9 heteroatoms. The van der Waals surface area contributed by atoms with Crippen LogP contribution in [0.15, 0.2) is 10.8 Å². The highest BCUT2D eigenvalue weighted by molar-refractivity contribution is 7.08. The summed E-state index contributed by atoms with van der Waals surface area (Å²) in [6, 6.07) is 0. The van der Waals surface area contributed by atoms with E-state index in [0.717, 1.165) is 15.0 Å². The van der Waals surface area contributed by atoms with Gasteiger partial charge in [0.15, 0.2) is 0 Å². The Morgan fingerprint density at radius 1 is 1.36 bits per heavy atom. The van der Waals surface area contributed by atoms with E-state index in [1.165, 1.54) is 11.3 Å². The molecule has 0 bridgehead atoms. The third-order valence-corrected chi connectivity index (χ3v) is 4.50. The van der Waals surface area contributed by atoms with E-state index in [1.54, 1.807) is 12.3 Å². The fraction of sp³-hybridized carbons (Fsp3) is 0.385. The Balaban J connectivity index is 2.17. The molecule has 0 aromatic carbocycles. The van der Waals surface area contributed by atoms with Gasteiger partial charge in [-0.1, -0.05) is 0 Å². The molecule has 1 amide bonds. The Labute approximate surface area is 127 Å². The number of nitrogens with zero attached hydrogens (tertiary/aromatic N) is 3. The third kappa shape index (κ3) is 2.35. The van der Waals surface area contributed by atoms with E-state index in [1.807, 2.05) is 5.38 Å². The number of rotatable bonds is 1. The standard InChI is InChI=1S/C13H12F3N3O2S/c1-7-5-22-6-8(7)10-9-4-18(12(20)21)2-3-19(9)11(17-10)13(14,15)16/h5-6H,2-4H2,1H3,(H,20,21). The topological polar surface area (TPSA) is 58.4 Å². The Kier molecular flexibility index (Phi) is 3.39. The zero-order valence-electron chi connectivity index (χ0n) is 11.5. The van der Waals surface area contributed by atoms with E-state index >= 15 is 0 Å². The van der Waals surface area contributed by atoms with Crippen LogP contribution in [0.1, 0.15) is 17.1 Å². The smallest absolute Gasteiger partial charge is 0.449 e. The predicted molar refractivity (Wildman–Crippen MR) is 73.7 cm³/mol. The van der Waals surface area contributed by atoms with E-state index in [4.69, 9.17) is 5.11 Å². The van der Waals surface area contributed by atoms with Crippen molar-refractivity contribution in [3.8, 4) is 11.3 Å². The van der Waals surface area contributed by atoms with Gasteiger partial charge < -0.3 is 14.6 Å². The number of aromatic nitrogens is 2. The van der Waals surface area contributed by atoms with Gasteiger partial charge in [0.2, 0.25) is 5.82 Å². The zero-order valence-corrected chi connectivity index (χ0v) is 12.3. The number of amides is 1. The van der Waals surface area contributed by atoms with Crippen molar-refractivity contribution in [3.63, 3.8) is 0 Å². The van der Waals surface area contributed by atoms with Crippen molar-refractivity contribution in [2.75, 3.05) is 6.54 Å². The maximum absolute atomic E-state index is 13.2. The van der Waals surface area contributed by atoms with Gasteiger partial charge in [-0.25, -0.2) is 9.78 Å². The van der Waals surface area contributed by atoms with Crippen molar-refractivity contribution in [2.45, 2.75) is 26.2 Å². The lowest BCUT2D eigenvalue weighted by Crippen LogP contribution is -2.38. The lowest BCUT2D eigenvalue weighted by Gasteiger charge is -2.27. The fourth-order valence-electron chi connectivity index (χ4n) is 2.57. The van der Waals surface area contributed by atoms with Gasteiger partial charge in [-0.2, -0.15) is 24.5 Å². The van der Waals surface area contributed by atoms with Crippen molar-refractivity contribution >= 4 is 17.4 Å². The summed E-state index contributed by atoms with van der Waals surface area (Å²) in [5, 5.41) is 12.6. The number of halogens is 3. The molecular formula is C13H12F3N3O2S. The minimum atomic E-state index is -4.57. The number of aryl methyl sites for hydroxylation is 1. The highest BCUT2D eigenvalue weighted by Crippen LogP contribution is 2.37. The summed E-state index contributed by atoms with van der Waals surface area (Å²) < 4.78 is 40.6. The summed E-state index contributed by atoms with van der Waals surface area (Å²) in [5.41, 5.74) is 1.96. The first-order valence-corrected chi connectivity index (χ1v) is 7.41. The highest BCUT2D eigenvalue weighted by atomic mass is 32.1. The van der Waals surface area contributed by atoms with E-state index < -0.39 is 18.1 Å². The van der Waals surface area contributed by atoms with E-state index in [9.17, 15) is 18.0 Å². The molecule has 0 spiro atoms. The van der Waals surface area contributed by atoms with Gasteiger partial charge in [-0.15, -0.1) is 0 Å². The Hall–Kier alpha value is -2.03. The number of carbonyl (C=O) groups is 1. The number of thiophene rings is 1. The molecule has 5 nitrogen and oxygen atoms in total. The van der Waals surface area contributed by atoms with Crippen LogP contribution in [-0.4, -0.2) is 32.2 Å². The van der Waals surface area contributed by atoms with Crippen LogP contribution in [0.3, 0.4) is 0 Å². The molecule has 0 unspecified atom stereocenters. The number of hydrogen-bond donors (Lipinski definition) is 1. The van der Waals surface area contributed by atoms with Crippen molar-refractivity contribution in [2.24, 2.45) is 0 Å². The largest absolute Gasteiger partial charge is 0.465 e. The summed E-state index contributed by atoms with van der Waals surface area (Å²) in [5.74, 6) is -0.965. The molecule has 2 aromatic rings. The number of carboxylic acid groups (broad SMARTS) is 1. The highest BCUT2D eigenvalue weighted by Gasteiger charge is 2.40. The average Bonchev–Trinajstić information content (AvgIpc) is 3.00. The van der Waals surface area contributed by atoms with Crippen LogP contribution in [0.25, 0.3) is 11.3 Å². The first-order valence-electron chi connectivity index (χ1n) is 6.46. The molecule has 118 valence electrons. The van der Waals surface area contributed by atoms with Crippen LogP contribution in [0, 0.1) is 6.92 Å². The van der Waals surface area contributed by atoms with Gasteiger partial charge in [0.25, 0.3) is 0 Å². The molecule has 1 aliphatic rings. The van der Waals surface area contributed by atoms with Crippen molar-refractivity contribution in [1.82, 2.24) is 14.5 Å². The normalized spacial score (nSPS) is 15.0. The second-order valence-corrected chi connectivity index (χ2v) is 5.80. The summed E-state index contributed by atoms with van der Waals surface area (Å²) in [6.45, 7) is 1.67. The average molecular weight is 331 g/mol. The van der Waals surface area contributed by atoms with Gasteiger partial charge in [0.1, 0.15) is 0 Å². The SMILES string of the molecule is Cc1cscc1-c1nc(C(F)(F)F)n2c1CN(C(=O)O)CC2. The molecule has 3 heterocycles. The maximum Gasteiger partial charge on any atom is 0.449 e. The van der Waals surface area contributed by atoms with Crippen molar-refractivity contribution < 1.29 is 23.1 Å². The molecule has 0 saturated heterocycles. The number of fused-ring (bicyclic) bond motifs is 1. The van der Waals surface area contributed by atoms with Gasteiger partial charge in [-0.05, 0) is 17.9 Å². The molecular weight excluding hydrogens is 319 g/mol. The van der Waals surface area contributed by atoms with Crippen LogP contribution in [-0.2, 0) is 19.3 Å². The molecule has 0 fully saturated rings. The molecule has 0 radical (unpaired) electrons. The van der Waals surface area contributed by atoms with Crippen molar-refractivity contribution in [3.05, 3.63) is 27.8 Å². The predicted octanol–water partition coefficient (Wildman–Crippen LogP) is 3.43. The first-order chi connectivity index (χ1) is 10.3. The second kappa shape index (κ2) is 5.01. The summed E-state index contributed by atoms with van der Waals surface area (Å²) in [4.78, 5) is 16.0. The second-order valence-electron chi connectivity index (χ2n) is 5.05. The van der Waals surface area contributed by atoms with Crippen LogP contribution in [0.4, 0.5) is 18.0 Å². The van der Waals surface area contributed by atoms with Gasteiger partial charge in [0.05, 0.1) is 17.9 Å². The van der Waals surface area contributed by atoms with Crippen molar-refractivity contribution in [1.29, 1.82) is 0 Å². The molecule has 1 aliphatic heterocycles. The summed E-state index contributed by atoms with van der Waals surface area (Å²) in [6.07, 6.45) is -5.71. The Morgan fingerprint density at radius 2 is 2.09 bits per heavy atom. The van der Waals surface area contributed by atoms with E-state index in [2.05, 4.69) is 4.98 Å². The van der Waals surface area contributed by atoms with Crippen LogP contribution >= 0.6 is 11.3 Å². The van der Waals surface area contributed by atoms with E-state index in [-0.39, 0.29) is 25.3 Å². The maximum atomic E-state index is 13.2. The molecule has 0 aliphatic carbocycles. The molecule has 2 aromatic heterocycles. The van der Waals surface area contributed by atoms with Crippen LogP contribution < -0.4 is 0 Å². The molecule has 3 rings (SSSR count). The lowest BCUT2D eigenvalue weighted by molar-refractivity contribution is -0.147. The molecule has 1 N–H and O–H groups in total. The van der Waals surface area contributed by atoms with Crippen LogP contribution in [0.2, 0.25) is 0 Å². The van der Waals surface area contributed by atoms with Gasteiger partial charge in [0, 0.05) is 24.0 Å².